The van der Waals surface area contributed by atoms with Crippen molar-refractivity contribution in [2.45, 2.75) is 32.7 Å². The van der Waals surface area contributed by atoms with Crippen LogP contribution in [-0.2, 0) is 0 Å². The van der Waals surface area contributed by atoms with E-state index in [4.69, 9.17) is 0 Å². The number of nitrogens with one attached hydrogen (secondary N) is 1. The van der Waals surface area contributed by atoms with Gasteiger partial charge in [-0.25, -0.2) is 0 Å². The van der Waals surface area contributed by atoms with E-state index in [1.807, 2.05) is 13.0 Å². The number of hydrogen-bond acceptors (Lipinski definition) is 2. The van der Waals surface area contributed by atoms with Crippen molar-refractivity contribution < 1.29 is 5.11 Å². The van der Waals surface area contributed by atoms with Crippen LogP contribution in [0.4, 0.5) is 0 Å². The molecule has 1 heterocycles. The predicted molar refractivity (Wildman–Crippen MR) is 57.6 cm³/mol. The summed E-state index contributed by atoms with van der Waals surface area (Å²) < 4.78 is 0. The van der Waals surface area contributed by atoms with Crippen molar-refractivity contribution in [2.75, 3.05) is 6.54 Å². The molecule has 1 aliphatic rings. The molecule has 1 aromatic rings. The highest BCUT2D eigenvalue weighted by Crippen LogP contribution is 2.30. The molecule has 76 valence electrons. The predicted octanol–water partition coefficient (Wildman–Crippen LogP) is 2.43. The third-order valence-corrected chi connectivity index (χ3v) is 3.24. The number of phenols is 1. The number of benzene rings is 1. The molecule has 2 nitrogen and oxygen atoms in total. The Morgan fingerprint density at radius 3 is 2.71 bits per heavy atom. The van der Waals surface area contributed by atoms with E-state index in [9.17, 15) is 5.11 Å². The van der Waals surface area contributed by atoms with Gasteiger partial charge in [-0.05, 0) is 56.0 Å². The molecule has 1 aromatic carbocycles. The first-order chi connectivity index (χ1) is 6.70. The van der Waals surface area contributed by atoms with Gasteiger partial charge in [0.2, 0.25) is 0 Å². The Bertz CT molecular complexity index is 340. The average Bonchev–Trinajstić information content (AvgIpc) is 2.67. The van der Waals surface area contributed by atoms with E-state index in [1.165, 1.54) is 24.0 Å². The Labute approximate surface area is 85.0 Å². The van der Waals surface area contributed by atoms with Gasteiger partial charge in [0.1, 0.15) is 5.75 Å². The van der Waals surface area contributed by atoms with Crippen molar-refractivity contribution in [2.24, 2.45) is 0 Å². The average molecular weight is 191 g/mol. The minimum absolute atomic E-state index is 0.407. The van der Waals surface area contributed by atoms with Gasteiger partial charge in [-0.15, -0.1) is 0 Å². The van der Waals surface area contributed by atoms with Gasteiger partial charge >= 0.3 is 0 Å². The molecule has 1 atom stereocenters. The maximum Gasteiger partial charge on any atom is 0.118 e. The van der Waals surface area contributed by atoms with Gasteiger partial charge in [0.25, 0.3) is 0 Å². The highest BCUT2D eigenvalue weighted by molar-refractivity contribution is 5.44. The van der Waals surface area contributed by atoms with Crippen molar-refractivity contribution in [3.8, 4) is 5.75 Å². The second-order valence-corrected chi connectivity index (χ2v) is 4.07. The summed E-state index contributed by atoms with van der Waals surface area (Å²) in [4.78, 5) is 0. The summed E-state index contributed by atoms with van der Waals surface area (Å²) in [5.41, 5.74) is 3.58. The quantitative estimate of drug-likeness (QED) is 0.714. The Morgan fingerprint density at radius 2 is 2.07 bits per heavy atom. The highest BCUT2D eigenvalue weighted by Gasteiger charge is 2.19. The lowest BCUT2D eigenvalue weighted by Gasteiger charge is -2.16. The van der Waals surface area contributed by atoms with Crippen LogP contribution in [-0.4, -0.2) is 11.7 Å². The van der Waals surface area contributed by atoms with E-state index in [-0.39, 0.29) is 0 Å². The van der Waals surface area contributed by atoms with Crippen molar-refractivity contribution in [1.82, 2.24) is 5.32 Å². The number of phenolic OH excluding ortho intramolecular Hbond substituents is 1. The maximum absolute atomic E-state index is 9.55. The molecule has 0 aliphatic carbocycles. The van der Waals surface area contributed by atoms with Gasteiger partial charge in [0.05, 0.1) is 0 Å². The Morgan fingerprint density at radius 1 is 1.29 bits per heavy atom. The molecule has 0 bridgehead atoms. The smallest absolute Gasteiger partial charge is 0.118 e. The molecule has 1 unspecified atom stereocenters. The lowest BCUT2D eigenvalue weighted by atomic mass is 9.96. The summed E-state index contributed by atoms with van der Waals surface area (Å²) in [6, 6.07) is 4.34. The van der Waals surface area contributed by atoms with E-state index in [1.54, 1.807) is 6.07 Å². The van der Waals surface area contributed by atoms with E-state index < -0.39 is 0 Å². The van der Waals surface area contributed by atoms with E-state index in [0.717, 1.165) is 12.1 Å². The lowest BCUT2D eigenvalue weighted by molar-refractivity contribution is 0.469. The van der Waals surface area contributed by atoms with Crippen LogP contribution in [0.2, 0.25) is 0 Å². The van der Waals surface area contributed by atoms with Crippen LogP contribution in [0.25, 0.3) is 0 Å². The molecule has 2 heteroatoms. The Hall–Kier alpha value is -1.02. The fraction of sp³-hybridized carbons (Fsp3) is 0.500. The fourth-order valence-electron chi connectivity index (χ4n) is 2.15. The number of aromatic hydroxyl groups is 1. The van der Waals surface area contributed by atoms with Crippen LogP contribution in [0.5, 0.6) is 5.75 Å². The first-order valence-corrected chi connectivity index (χ1v) is 5.22. The molecular formula is C12H17NO. The summed E-state index contributed by atoms with van der Waals surface area (Å²) >= 11 is 0. The maximum atomic E-state index is 9.55. The van der Waals surface area contributed by atoms with E-state index in [2.05, 4.69) is 12.2 Å². The zero-order valence-corrected chi connectivity index (χ0v) is 8.80. The van der Waals surface area contributed by atoms with Gasteiger partial charge in [-0.1, -0.05) is 6.07 Å². The van der Waals surface area contributed by atoms with Gasteiger partial charge in [0.15, 0.2) is 0 Å². The third-order valence-electron chi connectivity index (χ3n) is 3.24. The minimum Gasteiger partial charge on any atom is -0.508 e. The molecule has 0 spiro atoms. The number of rotatable bonds is 1. The van der Waals surface area contributed by atoms with Crippen LogP contribution >= 0.6 is 0 Å². The molecule has 1 aliphatic heterocycles. The third kappa shape index (κ3) is 1.50. The molecule has 0 radical (unpaired) electrons. The SMILES string of the molecule is Cc1c(O)ccc(C2CCCN2)c1C. The molecule has 0 amide bonds. The molecule has 2 N–H and O–H groups in total. The summed E-state index contributed by atoms with van der Waals surface area (Å²) in [6.45, 7) is 5.18. The molecule has 1 saturated heterocycles. The summed E-state index contributed by atoms with van der Waals surface area (Å²) in [7, 11) is 0. The Balaban J connectivity index is 2.38. The largest absolute Gasteiger partial charge is 0.508 e. The standard InChI is InChI=1S/C12H17NO/c1-8-9(2)12(14)6-5-10(8)11-4-3-7-13-11/h5-6,11,13-14H,3-4,7H2,1-2H3. The molecule has 2 rings (SSSR count). The van der Waals surface area contributed by atoms with Gasteiger partial charge in [-0.2, -0.15) is 0 Å². The summed E-state index contributed by atoms with van der Waals surface area (Å²) in [5, 5.41) is 13.0. The van der Waals surface area contributed by atoms with Crippen LogP contribution in [0, 0.1) is 13.8 Å². The first-order valence-electron chi connectivity index (χ1n) is 5.22. The fourth-order valence-corrected chi connectivity index (χ4v) is 2.15. The molecule has 14 heavy (non-hydrogen) atoms. The normalized spacial score (nSPS) is 21.4. The van der Waals surface area contributed by atoms with E-state index >= 15 is 0 Å². The van der Waals surface area contributed by atoms with Crippen molar-refractivity contribution in [3.63, 3.8) is 0 Å². The van der Waals surface area contributed by atoms with Gasteiger partial charge in [-0.3, -0.25) is 0 Å². The summed E-state index contributed by atoms with van der Waals surface area (Å²) in [5.74, 6) is 0.407. The zero-order chi connectivity index (χ0) is 10.1. The number of hydrogen-bond donors (Lipinski definition) is 2. The molecule has 0 saturated carbocycles. The van der Waals surface area contributed by atoms with E-state index in [0.29, 0.717) is 11.8 Å². The first kappa shape index (κ1) is 9.53. The van der Waals surface area contributed by atoms with Crippen molar-refractivity contribution >= 4 is 0 Å². The van der Waals surface area contributed by atoms with Crippen LogP contribution in [0.1, 0.15) is 35.6 Å². The van der Waals surface area contributed by atoms with Crippen LogP contribution < -0.4 is 5.32 Å². The zero-order valence-electron chi connectivity index (χ0n) is 8.80. The molecule has 1 fully saturated rings. The second-order valence-electron chi connectivity index (χ2n) is 4.07. The van der Waals surface area contributed by atoms with Crippen LogP contribution in [0.3, 0.4) is 0 Å². The van der Waals surface area contributed by atoms with Gasteiger partial charge in [0, 0.05) is 6.04 Å². The highest BCUT2D eigenvalue weighted by atomic mass is 16.3. The second kappa shape index (κ2) is 3.62. The molecule has 0 aromatic heterocycles. The topological polar surface area (TPSA) is 32.3 Å². The molecular weight excluding hydrogens is 174 g/mol. The minimum atomic E-state index is 0.407. The van der Waals surface area contributed by atoms with Crippen molar-refractivity contribution in [3.05, 3.63) is 28.8 Å². The van der Waals surface area contributed by atoms with Crippen molar-refractivity contribution in [1.29, 1.82) is 0 Å². The van der Waals surface area contributed by atoms with Gasteiger partial charge < -0.3 is 10.4 Å². The van der Waals surface area contributed by atoms with Crippen LogP contribution in [0.15, 0.2) is 12.1 Å². The lowest BCUT2D eigenvalue weighted by Crippen LogP contribution is -2.14. The summed E-state index contributed by atoms with van der Waals surface area (Å²) in [6.07, 6.45) is 2.47. The monoisotopic (exact) mass is 191 g/mol. The Kier molecular flexibility index (Phi) is 2.46.